The molecule has 7 heteroatoms. The van der Waals surface area contributed by atoms with Crippen molar-refractivity contribution >= 4 is 22.4 Å². The van der Waals surface area contributed by atoms with Crippen molar-refractivity contribution in [3.8, 4) is 5.75 Å². The van der Waals surface area contributed by atoms with E-state index in [0.717, 1.165) is 18.1 Å². The topological polar surface area (TPSA) is 68.5 Å². The number of rotatable bonds is 5. The number of benzene rings is 1. The zero-order valence-electron chi connectivity index (χ0n) is 11.9. The van der Waals surface area contributed by atoms with Crippen LogP contribution in [0.2, 0.25) is 0 Å². The molecule has 2 heterocycles. The molecule has 2 aromatic rings. The zero-order chi connectivity index (χ0) is 15.5. The van der Waals surface area contributed by atoms with Crippen molar-refractivity contribution in [1.82, 2.24) is 4.98 Å². The predicted molar refractivity (Wildman–Crippen MR) is 83.1 cm³/mol. The lowest BCUT2D eigenvalue weighted by atomic mass is 10.2. The van der Waals surface area contributed by atoms with E-state index in [-0.39, 0.29) is 6.10 Å². The number of primary amides is 1. The molecule has 22 heavy (non-hydrogen) atoms. The molecule has 1 saturated heterocycles. The third-order valence-corrected chi connectivity index (χ3v) is 4.63. The number of hydrogen-bond acceptors (Lipinski definition) is 5. The Morgan fingerprint density at radius 2 is 2.32 bits per heavy atom. The first-order valence-electron chi connectivity index (χ1n) is 6.98. The first kappa shape index (κ1) is 14.8. The number of nitrogens with zero attached hydrogens (tertiary/aromatic N) is 2. The van der Waals surface area contributed by atoms with Crippen LogP contribution in [0.3, 0.4) is 0 Å². The van der Waals surface area contributed by atoms with E-state index in [1.165, 1.54) is 17.5 Å². The first-order chi connectivity index (χ1) is 10.7. The van der Waals surface area contributed by atoms with Crippen LogP contribution in [0.25, 0.3) is 0 Å². The molecule has 0 spiro atoms. The Kier molecular flexibility index (Phi) is 4.24. The fraction of sp³-hybridized carbons (Fsp3) is 0.333. The molecule has 116 valence electrons. The minimum absolute atomic E-state index is 0.0198. The molecule has 1 aliphatic rings. The molecule has 2 N–H and O–H groups in total. The second-order valence-electron chi connectivity index (χ2n) is 5.09. The van der Waals surface area contributed by atoms with Crippen LogP contribution in [0.4, 0.5) is 9.52 Å². The molecule has 0 unspecified atom stereocenters. The van der Waals surface area contributed by atoms with Gasteiger partial charge in [-0.3, -0.25) is 4.79 Å². The van der Waals surface area contributed by atoms with E-state index in [2.05, 4.69) is 9.88 Å². The Morgan fingerprint density at radius 1 is 1.50 bits per heavy atom. The van der Waals surface area contributed by atoms with E-state index in [4.69, 9.17) is 10.5 Å². The minimum atomic E-state index is -0.541. The van der Waals surface area contributed by atoms with Gasteiger partial charge in [-0.05, 0) is 6.07 Å². The van der Waals surface area contributed by atoms with Gasteiger partial charge in [0.2, 0.25) is 0 Å². The number of amides is 1. The molecule has 1 aromatic carbocycles. The van der Waals surface area contributed by atoms with Crippen molar-refractivity contribution in [3.05, 3.63) is 40.9 Å². The van der Waals surface area contributed by atoms with Crippen molar-refractivity contribution in [2.45, 2.75) is 19.2 Å². The Bertz CT molecular complexity index is 676. The largest absolute Gasteiger partial charge is 0.488 e. The number of carbonyl (C=O) groups excluding carboxylic acids is 1. The SMILES string of the molecule is NC(=O)c1cnc(N2CC[C@H](Oc3ccccc3CF)C2)s1. The standard InChI is InChI=1S/C15H16FN3O2S/c16-7-10-3-1-2-4-12(10)21-11-5-6-19(9-11)15-18-8-13(22-15)14(17)20/h1-4,8,11H,5-7,9H2,(H2,17,20)/t11-/m0/s1. The highest BCUT2D eigenvalue weighted by Gasteiger charge is 2.27. The maximum absolute atomic E-state index is 12.9. The maximum Gasteiger partial charge on any atom is 0.260 e. The molecule has 1 aliphatic heterocycles. The van der Waals surface area contributed by atoms with Gasteiger partial charge in [-0.2, -0.15) is 0 Å². The van der Waals surface area contributed by atoms with Crippen molar-refractivity contribution in [2.75, 3.05) is 18.0 Å². The number of alkyl halides is 1. The van der Waals surface area contributed by atoms with Gasteiger partial charge >= 0.3 is 0 Å². The first-order valence-corrected chi connectivity index (χ1v) is 7.80. The molecular weight excluding hydrogens is 305 g/mol. The van der Waals surface area contributed by atoms with E-state index in [1.807, 2.05) is 6.07 Å². The summed E-state index contributed by atoms with van der Waals surface area (Å²) in [7, 11) is 0. The van der Waals surface area contributed by atoms with Crippen LogP contribution in [0, 0.1) is 0 Å². The Balaban J connectivity index is 1.65. The summed E-state index contributed by atoms with van der Waals surface area (Å²) in [6.45, 7) is 0.904. The van der Waals surface area contributed by atoms with E-state index in [9.17, 15) is 9.18 Å². The van der Waals surface area contributed by atoms with Gasteiger partial charge in [0.25, 0.3) is 5.91 Å². The van der Waals surface area contributed by atoms with Crippen LogP contribution in [0.15, 0.2) is 30.5 Å². The molecule has 1 atom stereocenters. The van der Waals surface area contributed by atoms with Crippen LogP contribution in [-0.2, 0) is 6.67 Å². The molecular formula is C15H16FN3O2S. The highest BCUT2D eigenvalue weighted by molar-refractivity contribution is 7.17. The summed E-state index contributed by atoms with van der Waals surface area (Å²) in [6, 6.07) is 7.14. The minimum Gasteiger partial charge on any atom is -0.488 e. The number of hydrogen-bond donors (Lipinski definition) is 1. The smallest absolute Gasteiger partial charge is 0.260 e. The van der Waals surface area contributed by atoms with Gasteiger partial charge in [0.15, 0.2) is 5.13 Å². The fourth-order valence-electron chi connectivity index (χ4n) is 2.43. The second-order valence-corrected chi connectivity index (χ2v) is 6.10. The van der Waals surface area contributed by atoms with Crippen LogP contribution >= 0.6 is 11.3 Å². The third kappa shape index (κ3) is 3.04. The normalized spacial score (nSPS) is 17.7. The Hall–Kier alpha value is -2.15. The summed E-state index contributed by atoms with van der Waals surface area (Å²) < 4.78 is 18.8. The number of para-hydroxylation sites is 1. The van der Waals surface area contributed by atoms with E-state index in [0.29, 0.717) is 22.7 Å². The maximum atomic E-state index is 12.9. The van der Waals surface area contributed by atoms with Crippen LogP contribution in [0.1, 0.15) is 21.7 Å². The molecule has 0 radical (unpaired) electrons. The average Bonchev–Trinajstić information content (AvgIpc) is 3.16. The molecule has 0 saturated carbocycles. The molecule has 5 nitrogen and oxygen atoms in total. The number of halogens is 1. The van der Waals surface area contributed by atoms with E-state index < -0.39 is 12.6 Å². The molecule has 1 amide bonds. The van der Waals surface area contributed by atoms with Gasteiger partial charge in [0, 0.05) is 18.5 Å². The van der Waals surface area contributed by atoms with Gasteiger partial charge < -0.3 is 15.4 Å². The van der Waals surface area contributed by atoms with Crippen LogP contribution < -0.4 is 15.4 Å². The van der Waals surface area contributed by atoms with E-state index in [1.54, 1.807) is 18.2 Å². The third-order valence-electron chi connectivity index (χ3n) is 3.56. The molecule has 3 rings (SSSR count). The fourth-order valence-corrected chi connectivity index (χ4v) is 3.23. The second kappa shape index (κ2) is 6.31. The summed E-state index contributed by atoms with van der Waals surface area (Å²) in [5.41, 5.74) is 5.80. The predicted octanol–water partition coefficient (Wildman–Crippen LogP) is 2.37. The summed E-state index contributed by atoms with van der Waals surface area (Å²) in [4.78, 5) is 17.8. The highest BCUT2D eigenvalue weighted by Crippen LogP contribution is 2.28. The average molecular weight is 321 g/mol. The number of ether oxygens (including phenoxy) is 1. The molecule has 1 fully saturated rings. The Morgan fingerprint density at radius 3 is 3.05 bits per heavy atom. The van der Waals surface area contributed by atoms with Crippen molar-refractivity contribution < 1.29 is 13.9 Å². The van der Waals surface area contributed by atoms with Crippen molar-refractivity contribution in [3.63, 3.8) is 0 Å². The summed E-state index contributed by atoms with van der Waals surface area (Å²) in [5, 5.41) is 0.763. The number of thiazole rings is 1. The number of carbonyl (C=O) groups is 1. The zero-order valence-corrected chi connectivity index (χ0v) is 12.7. The summed E-state index contributed by atoms with van der Waals surface area (Å²) >= 11 is 1.28. The van der Waals surface area contributed by atoms with Crippen LogP contribution in [0.5, 0.6) is 5.75 Å². The quantitative estimate of drug-likeness (QED) is 0.918. The number of nitrogens with two attached hydrogens (primary N) is 1. The Labute approximate surface area is 131 Å². The van der Waals surface area contributed by atoms with Gasteiger partial charge in [-0.25, -0.2) is 9.37 Å². The molecule has 1 aromatic heterocycles. The van der Waals surface area contributed by atoms with Gasteiger partial charge in [0.1, 0.15) is 23.4 Å². The summed E-state index contributed by atoms with van der Waals surface area (Å²) in [5.74, 6) is 0.126. The van der Waals surface area contributed by atoms with Gasteiger partial charge in [-0.1, -0.05) is 29.5 Å². The van der Waals surface area contributed by atoms with Gasteiger partial charge in [0.05, 0.1) is 12.7 Å². The summed E-state index contributed by atoms with van der Waals surface area (Å²) in [6.07, 6.45) is 2.30. The molecule has 0 aliphatic carbocycles. The van der Waals surface area contributed by atoms with Crippen molar-refractivity contribution in [1.29, 1.82) is 0 Å². The lowest BCUT2D eigenvalue weighted by Crippen LogP contribution is -2.24. The van der Waals surface area contributed by atoms with Gasteiger partial charge in [-0.15, -0.1) is 0 Å². The lowest BCUT2D eigenvalue weighted by Gasteiger charge is -2.17. The van der Waals surface area contributed by atoms with Crippen LogP contribution in [-0.4, -0.2) is 30.1 Å². The van der Waals surface area contributed by atoms with E-state index >= 15 is 0 Å². The number of aromatic nitrogens is 1. The monoisotopic (exact) mass is 321 g/mol. The molecule has 0 bridgehead atoms. The number of anilines is 1. The van der Waals surface area contributed by atoms with Crippen molar-refractivity contribution in [2.24, 2.45) is 5.73 Å². The highest BCUT2D eigenvalue weighted by atomic mass is 32.1. The lowest BCUT2D eigenvalue weighted by molar-refractivity contribution is 0.100.